The van der Waals surface area contributed by atoms with Crippen molar-refractivity contribution in [2.45, 2.75) is 6.54 Å². The van der Waals surface area contributed by atoms with E-state index in [-0.39, 0.29) is 5.91 Å². The third kappa shape index (κ3) is 3.52. The van der Waals surface area contributed by atoms with Crippen LogP contribution in [0.1, 0.15) is 15.9 Å². The second-order valence-corrected chi connectivity index (χ2v) is 4.42. The lowest BCUT2D eigenvalue weighted by molar-refractivity contribution is 0.102. The van der Waals surface area contributed by atoms with Crippen LogP contribution in [0.5, 0.6) is 11.5 Å². The lowest BCUT2D eigenvalue weighted by atomic mass is 10.1. The molecular formula is C16H18N2O3. The molecule has 0 heterocycles. The molecule has 0 unspecified atom stereocenters. The lowest BCUT2D eigenvalue weighted by Crippen LogP contribution is -2.13. The van der Waals surface area contributed by atoms with Gasteiger partial charge in [0.05, 0.1) is 19.9 Å². The fourth-order valence-corrected chi connectivity index (χ4v) is 1.90. The first-order valence-electron chi connectivity index (χ1n) is 6.50. The minimum atomic E-state index is -0.217. The summed E-state index contributed by atoms with van der Waals surface area (Å²) in [6.07, 6.45) is 0. The molecule has 0 saturated heterocycles. The Labute approximate surface area is 123 Å². The molecular weight excluding hydrogens is 268 g/mol. The van der Waals surface area contributed by atoms with Crippen LogP contribution in [0.25, 0.3) is 0 Å². The second kappa shape index (κ2) is 6.76. The molecule has 0 saturated carbocycles. The van der Waals surface area contributed by atoms with Gasteiger partial charge in [0.1, 0.15) is 11.5 Å². The average molecular weight is 286 g/mol. The molecule has 1 amide bonds. The number of carbonyl (C=O) groups excluding carboxylic acids is 1. The number of nitrogens with one attached hydrogen (secondary N) is 1. The zero-order valence-corrected chi connectivity index (χ0v) is 12.1. The molecule has 0 bridgehead atoms. The van der Waals surface area contributed by atoms with E-state index in [1.165, 1.54) is 0 Å². The molecule has 0 aliphatic rings. The van der Waals surface area contributed by atoms with Gasteiger partial charge >= 0.3 is 0 Å². The predicted octanol–water partition coefficient (Wildman–Crippen LogP) is 2.41. The Bertz CT molecular complexity index is 624. The number of methoxy groups -OCH3 is 2. The van der Waals surface area contributed by atoms with Crippen molar-refractivity contribution >= 4 is 11.6 Å². The quantitative estimate of drug-likeness (QED) is 0.885. The molecule has 0 atom stereocenters. The SMILES string of the molecule is COc1ccc(OC)c(NC(=O)c2ccc(CN)cc2)c1. The van der Waals surface area contributed by atoms with E-state index in [1.807, 2.05) is 12.1 Å². The van der Waals surface area contributed by atoms with E-state index in [1.54, 1.807) is 44.6 Å². The van der Waals surface area contributed by atoms with Crippen molar-refractivity contribution in [2.24, 2.45) is 5.73 Å². The zero-order chi connectivity index (χ0) is 15.2. The van der Waals surface area contributed by atoms with Crippen LogP contribution in [0.15, 0.2) is 42.5 Å². The Kier molecular flexibility index (Phi) is 4.79. The van der Waals surface area contributed by atoms with Gasteiger partial charge < -0.3 is 20.5 Å². The van der Waals surface area contributed by atoms with Crippen LogP contribution in [0.2, 0.25) is 0 Å². The van der Waals surface area contributed by atoms with Crippen LogP contribution >= 0.6 is 0 Å². The Balaban J connectivity index is 2.21. The number of ether oxygens (including phenoxy) is 2. The smallest absolute Gasteiger partial charge is 0.255 e. The number of nitrogens with two attached hydrogens (primary N) is 1. The molecule has 21 heavy (non-hydrogen) atoms. The number of carbonyl (C=O) groups is 1. The minimum absolute atomic E-state index is 0.217. The molecule has 3 N–H and O–H groups in total. The van der Waals surface area contributed by atoms with Gasteiger partial charge in [-0.25, -0.2) is 0 Å². The van der Waals surface area contributed by atoms with Crippen LogP contribution in [-0.2, 0) is 6.54 Å². The van der Waals surface area contributed by atoms with Crippen LogP contribution < -0.4 is 20.5 Å². The molecule has 0 radical (unpaired) electrons. The van der Waals surface area contributed by atoms with Crippen molar-refractivity contribution in [3.63, 3.8) is 0 Å². The van der Waals surface area contributed by atoms with E-state index in [0.29, 0.717) is 29.3 Å². The molecule has 0 aliphatic heterocycles. The van der Waals surface area contributed by atoms with E-state index < -0.39 is 0 Å². The van der Waals surface area contributed by atoms with Crippen LogP contribution in [0.4, 0.5) is 5.69 Å². The minimum Gasteiger partial charge on any atom is -0.497 e. The van der Waals surface area contributed by atoms with Gasteiger partial charge in [-0.05, 0) is 29.8 Å². The third-order valence-electron chi connectivity index (χ3n) is 3.11. The summed E-state index contributed by atoms with van der Waals surface area (Å²) in [6.45, 7) is 0.450. The molecule has 0 aromatic heterocycles. The molecule has 0 spiro atoms. The van der Waals surface area contributed by atoms with Gasteiger partial charge in [-0.15, -0.1) is 0 Å². The van der Waals surface area contributed by atoms with Crippen LogP contribution in [0.3, 0.4) is 0 Å². The fourth-order valence-electron chi connectivity index (χ4n) is 1.90. The molecule has 0 fully saturated rings. The average Bonchev–Trinajstić information content (AvgIpc) is 2.54. The first-order chi connectivity index (χ1) is 10.2. The van der Waals surface area contributed by atoms with Gasteiger partial charge in [0.15, 0.2) is 0 Å². The first-order valence-corrected chi connectivity index (χ1v) is 6.50. The normalized spacial score (nSPS) is 10.0. The Morgan fingerprint density at radius 2 is 1.81 bits per heavy atom. The Morgan fingerprint density at radius 1 is 1.10 bits per heavy atom. The van der Waals surface area contributed by atoms with Crippen molar-refractivity contribution in [3.8, 4) is 11.5 Å². The highest BCUT2D eigenvalue weighted by atomic mass is 16.5. The van der Waals surface area contributed by atoms with Crippen molar-refractivity contribution in [1.29, 1.82) is 0 Å². The number of hydrogen-bond donors (Lipinski definition) is 2. The van der Waals surface area contributed by atoms with E-state index >= 15 is 0 Å². The maximum absolute atomic E-state index is 12.2. The summed E-state index contributed by atoms with van der Waals surface area (Å²) in [5.74, 6) is 0.998. The zero-order valence-electron chi connectivity index (χ0n) is 12.1. The molecule has 5 nitrogen and oxygen atoms in total. The number of anilines is 1. The first kappa shape index (κ1) is 14.9. The maximum Gasteiger partial charge on any atom is 0.255 e. The lowest BCUT2D eigenvalue weighted by Gasteiger charge is -2.12. The summed E-state index contributed by atoms with van der Waals surface area (Å²) >= 11 is 0. The number of hydrogen-bond acceptors (Lipinski definition) is 4. The van der Waals surface area contributed by atoms with Crippen molar-refractivity contribution in [2.75, 3.05) is 19.5 Å². The van der Waals surface area contributed by atoms with Gasteiger partial charge in [-0.3, -0.25) is 4.79 Å². The van der Waals surface area contributed by atoms with E-state index in [0.717, 1.165) is 5.56 Å². The predicted molar refractivity (Wildman–Crippen MR) is 81.8 cm³/mol. The van der Waals surface area contributed by atoms with Crippen LogP contribution in [-0.4, -0.2) is 20.1 Å². The molecule has 110 valence electrons. The molecule has 2 aromatic rings. The maximum atomic E-state index is 12.2. The van der Waals surface area contributed by atoms with Crippen molar-refractivity contribution < 1.29 is 14.3 Å². The number of amides is 1. The van der Waals surface area contributed by atoms with Gasteiger partial charge in [0.2, 0.25) is 0 Å². The monoisotopic (exact) mass is 286 g/mol. The Morgan fingerprint density at radius 3 is 2.38 bits per heavy atom. The molecule has 2 rings (SSSR count). The van der Waals surface area contributed by atoms with Crippen LogP contribution in [0, 0.1) is 0 Å². The molecule has 0 aliphatic carbocycles. The van der Waals surface area contributed by atoms with Gasteiger partial charge in [0.25, 0.3) is 5.91 Å². The number of benzene rings is 2. The van der Waals surface area contributed by atoms with Gasteiger partial charge in [-0.2, -0.15) is 0 Å². The largest absolute Gasteiger partial charge is 0.497 e. The van der Waals surface area contributed by atoms with E-state index in [9.17, 15) is 4.79 Å². The summed E-state index contributed by atoms with van der Waals surface area (Å²) < 4.78 is 10.4. The number of rotatable bonds is 5. The summed E-state index contributed by atoms with van der Waals surface area (Å²) in [6, 6.07) is 12.4. The molecule has 5 heteroatoms. The van der Waals surface area contributed by atoms with E-state index in [4.69, 9.17) is 15.2 Å². The second-order valence-electron chi connectivity index (χ2n) is 4.42. The van der Waals surface area contributed by atoms with Gasteiger partial charge in [-0.1, -0.05) is 12.1 Å². The highest BCUT2D eigenvalue weighted by molar-refractivity contribution is 6.05. The van der Waals surface area contributed by atoms with E-state index in [2.05, 4.69) is 5.32 Å². The summed E-state index contributed by atoms with van der Waals surface area (Å²) in [5, 5.41) is 2.81. The van der Waals surface area contributed by atoms with Crippen molar-refractivity contribution in [1.82, 2.24) is 0 Å². The highest BCUT2D eigenvalue weighted by Gasteiger charge is 2.10. The van der Waals surface area contributed by atoms with Crippen molar-refractivity contribution in [3.05, 3.63) is 53.6 Å². The van der Waals surface area contributed by atoms with Gasteiger partial charge in [0, 0.05) is 18.2 Å². The summed E-state index contributed by atoms with van der Waals surface area (Å²) in [5.41, 5.74) is 7.63. The highest BCUT2D eigenvalue weighted by Crippen LogP contribution is 2.29. The standard InChI is InChI=1S/C16H18N2O3/c1-20-13-7-8-15(21-2)14(9-13)18-16(19)12-5-3-11(10-17)4-6-12/h3-9H,10,17H2,1-2H3,(H,18,19). The topological polar surface area (TPSA) is 73.6 Å². The fraction of sp³-hybridized carbons (Fsp3) is 0.188. The summed E-state index contributed by atoms with van der Waals surface area (Å²) in [7, 11) is 3.12. The third-order valence-corrected chi connectivity index (χ3v) is 3.11. The Hall–Kier alpha value is -2.53. The summed E-state index contributed by atoms with van der Waals surface area (Å²) in [4.78, 5) is 12.2. The molecule has 2 aromatic carbocycles.